The fraction of sp³-hybridized carbons (Fsp3) is 0. The lowest BCUT2D eigenvalue weighted by molar-refractivity contribution is 0.979. The first-order valence-electron chi connectivity index (χ1n) is 16.4. The van der Waals surface area contributed by atoms with Gasteiger partial charge in [-0.3, -0.25) is 8.97 Å². The summed E-state index contributed by atoms with van der Waals surface area (Å²) in [6.07, 6.45) is 0. The zero-order valence-electron chi connectivity index (χ0n) is 25.8. The van der Waals surface area contributed by atoms with Gasteiger partial charge >= 0.3 is 0 Å². The molecule has 4 nitrogen and oxygen atoms in total. The van der Waals surface area contributed by atoms with Gasteiger partial charge in [-0.15, -0.1) is 0 Å². The molecule has 0 N–H and O–H groups in total. The third kappa shape index (κ3) is 3.38. The standard InChI is InChI=1S/C44H26N4/c1-3-14-28(15-4-1)35-26-36(29-16-5-2-6-17-29)46-44(45-35)48-38-24-23-27-13-7-9-19-31(27)40(38)41-34-25-30-18-8-10-20-32(30)39-33-21-11-12-22-37(33)47(42(34)39)43(41)48/h1-26H. The Labute approximate surface area is 275 Å². The average Bonchev–Trinajstić information content (AvgIpc) is 3.79. The smallest absolute Gasteiger partial charge is 0.236 e. The number of fused-ring (bicyclic) bond motifs is 12. The van der Waals surface area contributed by atoms with E-state index >= 15 is 0 Å². The van der Waals surface area contributed by atoms with Crippen molar-refractivity contribution in [3.63, 3.8) is 0 Å². The predicted molar refractivity (Wildman–Crippen MR) is 199 cm³/mol. The SMILES string of the molecule is c1ccc(-c2cc(-c3ccccc3)nc(-n3c4ccc5ccccc5c4c4c5cc6ccccc6c6c7ccccc7n(c56)c43)n2)cc1. The minimum Gasteiger partial charge on any atom is -0.294 e. The Balaban J connectivity index is 1.41. The molecular weight excluding hydrogens is 585 g/mol. The maximum absolute atomic E-state index is 5.36. The lowest BCUT2D eigenvalue weighted by atomic mass is 9.99. The molecule has 0 aliphatic rings. The molecule has 0 saturated heterocycles. The zero-order valence-corrected chi connectivity index (χ0v) is 25.8. The van der Waals surface area contributed by atoms with Crippen molar-refractivity contribution < 1.29 is 0 Å². The van der Waals surface area contributed by atoms with Gasteiger partial charge in [0, 0.05) is 38.1 Å². The molecule has 0 radical (unpaired) electrons. The van der Waals surface area contributed by atoms with Crippen LogP contribution in [0, 0.1) is 0 Å². The number of hydrogen-bond acceptors (Lipinski definition) is 2. The highest BCUT2D eigenvalue weighted by Crippen LogP contribution is 2.48. The van der Waals surface area contributed by atoms with Gasteiger partial charge in [-0.05, 0) is 45.8 Å². The van der Waals surface area contributed by atoms with E-state index in [-0.39, 0.29) is 0 Å². The first-order chi connectivity index (χ1) is 23.8. The predicted octanol–water partition coefficient (Wildman–Crippen LogP) is 11.2. The van der Waals surface area contributed by atoms with Crippen LogP contribution >= 0.6 is 0 Å². The van der Waals surface area contributed by atoms with Crippen LogP contribution in [0.5, 0.6) is 0 Å². The van der Waals surface area contributed by atoms with Crippen LogP contribution in [0.25, 0.3) is 99.1 Å². The van der Waals surface area contributed by atoms with Crippen molar-refractivity contribution in [2.45, 2.75) is 0 Å². The topological polar surface area (TPSA) is 35.1 Å². The Morgan fingerprint density at radius 1 is 0.396 bits per heavy atom. The minimum atomic E-state index is 0.653. The van der Waals surface area contributed by atoms with E-state index in [0.717, 1.165) is 33.7 Å². The van der Waals surface area contributed by atoms with Gasteiger partial charge in [-0.25, -0.2) is 9.97 Å². The van der Waals surface area contributed by atoms with Crippen molar-refractivity contribution in [2.75, 3.05) is 0 Å². The van der Waals surface area contributed by atoms with Gasteiger partial charge in [-0.2, -0.15) is 0 Å². The maximum Gasteiger partial charge on any atom is 0.236 e. The van der Waals surface area contributed by atoms with E-state index in [4.69, 9.17) is 9.97 Å². The fourth-order valence-electron chi connectivity index (χ4n) is 8.02. The van der Waals surface area contributed by atoms with Gasteiger partial charge < -0.3 is 0 Å². The molecule has 0 saturated carbocycles. The van der Waals surface area contributed by atoms with E-state index in [1.807, 2.05) is 12.1 Å². The number of rotatable bonds is 3. The van der Waals surface area contributed by atoms with Crippen molar-refractivity contribution in [2.24, 2.45) is 0 Å². The molecule has 0 amide bonds. The summed E-state index contributed by atoms with van der Waals surface area (Å²) in [5.41, 5.74) is 8.49. The van der Waals surface area contributed by atoms with Crippen molar-refractivity contribution >= 4 is 70.7 Å². The summed E-state index contributed by atoms with van der Waals surface area (Å²) >= 11 is 0. The lowest BCUT2D eigenvalue weighted by Gasteiger charge is -2.12. The molecule has 0 fully saturated rings. The van der Waals surface area contributed by atoms with Crippen LogP contribution in [0.3, 0.4) is 0 Å². The van der Waals surface area contributed by atoms with Gasteiger partial charge in [0.25, 0.3) is 0 Å². The summed E-state index contributed by atoms with van der Waals surface area (Å²) in [5.74, 6) is 0.653. The molecule has 11 aromatic rings. The van der Waals surface area contributed by atoms with Crippen LogP contribution in [-0.2, 0) is 0 Å². The molecule has 48 heavy (non-hydrogen) atoms. The van der Waals surface area contributed by atoms with Crippen LogP contribution < -0.4 is 0 Å². The number of aromatic nitrogens is 4. The van der Waals surface area contributed by atoms with Crippen molar-refractivity contribution in [3.8, 4) is 28.5 Å². The number of nitrogens with zero attached hydrogens (tertiary/aromatic N) is 4. The molecule has 4 heterocycles. The van der Waals surface area contributed by atoms with Crippen LogP contribution in [0.2, 0.25) is 0 Å². The van der Waals surface area contributed by atoms with E-state index < -0.39 is 0 Å². The molecule has 0 unspecified atom stereocenters. The minimum absolute atomic E-state index is 0.653. The molecule has 7 aromatic carbocycles. The maximum atomic E-state index is 5.36. The molecule has 11 rings (SSSR count). The van der Waals surface area contributed by atoms with Gasteiger partial charge in [0.2, 0.25) is 5.95 Å². The molecule has 222 valence electrons. The van der Waals surface area contributed by atoms with E-state index in [0.29, 0.717) is 5.95 Å². The summed E-state index contributed by atoms with van der Waals surface area (Å²) in [5, 5.41) is 11.2. The van der Waals surface area contributed by atoms with Crippen molar-refractivity contribution in [1.29, 1.82) is 0 Å². The number of para-hydroxylation sites is 1. The summed E-state index contributed by atoms with van der Waals surface area (Å²) in [7, 11) is 0. The van der Waals surface area contributed by atoms with Crippen molar-refractivity contribution in [3.05, 3.63) is 158 Å². The highest BCUT2D eigenvalue weighted by Gasteiger charge is 2.27. The fourth-order valence-corrected chi connectivity index (χ4v) is 8.02. The van der Waals surface area contributed by atoms with Crippen LogP contribution in [0.1, 0.15) is 0 Å². The molecule has 0 aliphatic carbocycles. The second kappa shape index (κ2) is 9.50. The molecule has 0 bridgehead atoms. The summed E-state index contributed by atoms with van der Waals surface area (Å²) in [4.78, 5) is 10.7. The normalized spacial score (nSPS) is 12.2. The monoisotopic (exact) mass is 610 g/mol. The van der Waals surface area contributed by atoms with E-state index in [1.54, 1.807) is 0 Å². The zero-order chi connectivity index (χ0) is 31.3. The number of benzene rings is 7. The van der Waals surface area contributed by atoms with Gasteiger partial charge in [0.05, 0.1) is 27.9 Å². The largest absolute Gasteiger partial charge is 0.294 e. The second-order valence-electron chi connectivity index (χ2n) is 12.6. The number of hydrogen-bond donors (Lipinski definition) is 0. The Hall–Kier alpha value is -6.52. The molecular formula is C44H26N4. The Morgan fingerprint density at radius 3 is 1.69 bits per heavy atom. The van der Waals surface area contributed by atoms with Crippen molar-refractivity contribution in [1.82, 2.24) is 18.9 Å². The van der Waals surface area contributed by atoms with Gasteiger partial charge in [0.1, 0.15) is 5.65 Å². The highest BCUT2D eigenvalue weighted by atomic mass is 15.2. The summed E-state index contributed by atoms with van der Waals surface area (Å²) in [6, 6.07) is 56.2. The Kier molecular flexibility index (Phi) is 5.08. The molecule has 4 aromatic heterocycles. The van der Waals surface area contributed by atoms with Crippen LogP contribution in [0.4, 0.5) is 0 Å². The molecule has 4 heteroatoms. The quantitative estimate of drug-likeness (QED) is 0.199. The van der Waals surface area contributed by atoms with Crippen LogP contribution in [-0.4, -0.2) is 18.9 Å². The van der Waals surface area contributed by atoms with Gasteiger partial charge in [0.15, 0.2) is 0 Å². The highest BCUT2D eigenvalue weighted by molar-refractivity contribution is 6.37. The lowest BCUT2D eigenvalue weighted by Crippen LogP contribution is -2.05. The molecule has 0 aliphatic heterocycles. The third-order valence-electron chi connectivity index (χ3n) is 10.0. The first kappa shape index (κ1) is 25.6. The summed E-state index contributed by atoms with van der Waals surface area (Å²) in [6.45, 7) is 0. The Bertz CT molecular complexity index is 2990. The van der Waals surface area contributed by atoms with Crippen LogP contribution in [0.15, 0.2) is 158 Å². The third-order valence-corrected chi connectivity index (χ3v) is 10.0. The molecule has 0 spiro atoms. The van der Waals surface area contributed by atoms with Gasteiger partial charge in [-0.1, -0.05) is 133 Å². The van der Waals surface area contributed by atoms with E-state index in [1.165, 1.54) is 59.5 Å². The second-order valence-corrected chi connectivity index (χ2v) is 12.6. The first-order valence-corrected chi connectivity index (χ1v) is 16.4. The summed E-state index contributed by atoms with van der Waals surface area (Å²) < 4.78 is 4.78. The average molecular weight is 611 g/mol. The van der Waals surface area contributed by atoms with E-state index in [2.05, 4.69) is 155 Å². The molecule has 0 atom stereocenters. The Morgan fingerprint density at radius 2 is 0.979 bits per heavy atom. The van der Waals surface area contributed by atoms with E-state index in [9.17, 15) is 0 Å².